The fraction of sp³-hybridized carbons (Fsp3) is 0.750. The number of nitrogens with zero attached hydrogens (tertiary/aromatic N) is 3. The Morgan fingerprint density at radius 1 is 1.00 bits per heavy atom. The van der Waals surface area contributed by atoms with Gasteiger partial charge < -0.3 is 15.1 Å². The number of piperazine rings is 1. The monoisotopic (exact) mass is 402 g/mol. The van der Waals surface area contributed by atoms with Crippen molar-refractivity contribution in [3.63, 3.8) is 0 Å². The van der Waals surface area contributed by atoms with E-state index < -0.39 is 0 Å². The third-order valence-corrected chi connectivity index (χ3v) is 7.67. The minimum atomic E-state index is -0.135. The van der Waals surface area contributed by atoms with Gasteiger partial charge in [-0.1, -0.05) is 19.3 Å². The van der Waals surface area contributed by atoms with Crippen molar-refractivity contribution in [1.29, 1.82) is 0 Å². The molecule has 2 aliphatic heterocycles. The number of aryl methyl sites for hydroxylation is 1. The lowest BCUT2D eigenvalue weighted by Crippen LogP contribution is -2.62. The zero-order chi connectivity index (χ0) is 20.3. The van der Waals surface area contributed by atoms with Crippen LogP contribution in [0, 0.1) is 12.7 Å². The van der Waals surface area contributed by atoms with Crippen LogP contribution in [0.1, 0.15) is 50.5 Å². The van der Waals surface area contributed by atoms with Crippen LogP contribution in [0.5, 0.6) is 0 Å². The number of piperidine rings is 1. The summed E-state index contributed by atoms with van der Waals surface area (Å²) in [4.78, 5) is 7.72. The molecule has 4 rings (SSSR count). The van der Waals surface area contributed by atoms with Crippen LogP contribution in [0.2, 0.25) is 0 Å². The van der Waals surface area contributed by atoms with E-state index in [2.05, 4.69) is 27.1 Å². The first-order chi connectivity index (χ1) is 14.1. The Morgan fingerprint density at radius 2 is 1.69 bits per heavy atom. The van der Waals surface area contributed by atoms with Gasteiger partial charge >= 0.3 is 0 Å². The smallest absolute Gasteiger partial charge is 0.123 e. The van der Waals surface area contributed by atoms with Gasteiger partial charge in [-0.15, -0.1) is 0 Å². The van der Waals surface area contributed by atoms with Gasteiger partial charge in [0.2, 0.25) is 0 Å². The first-order valence-corrected chi connectivity index (χ1v) is 11.7. The molecular formula is C24H39FN4. The minimum Gasteiger partial charge on any atom is -0.371 e. The second-order valence-corrected chi connectivity index (χ2v) is 9.65. The topological polar surface area (TPSA) is 21.8 Å². The molecular weight excluding hydrogens is 363 g/mol. The highest BCUT2D eigenvalue weighted by Crippen LogP contribution is 2.34. The Hall–Kier alpha value is -1.17. The fourth-order valence-electron chi connectivity index (χ4n) is 5.73. The van der Waals surface area contributed by atoms with Gasteiger partial charge in [-0.05, 0) is 63.4 Å². The molecule has 29 heavy (non-hydrogen) atoms. The van der Waals surface area contributed by atoms with Crippen LogP contribution >= 0.6 is 0 Å². The van der Waals surface area contributed by atoms with Crippen molar-refractivity contribution in [2.45, 2.75) is 63.5 Å². The summed E-state index contributed by atoms with van der Waals surface area (Å²) in [6, 6.07) is 5.80. The van der Waals surface area contributed by atoms with E-state index in [0.717, 1.165) is 25.2 Å². The van der Waals surface area contributed by atoms with E-state index in [4.69, 9.17) is 0 Å². The van der Waals surface area contributed by atoms with Gasteiger partial charge in [-0.2, -0.15) is 0 Å². The standard InChI is InChI=1S/C24H39FN4/c1-20-18-21(25)6-7-23(20)28-12-8-22(9-13-28)26-19-24(10-4-3-5-11-24)29-16-14-27(2)15-17-29/h6-7,18,22,26H,3-5,8-17,19H2,1-2H3. The number of halogens is 1. The van der Waals surface area contributed by atoms with Gasteiger partial charge in [0.15, 0.2) is 0 Å². The number of likely N-dealkylation sites (N-methyl/N-ethyl adjacent to an activating group) is 1. The molecule has 0 aromatic heterocycles. The molecule has 1 aromatic carbocycles. The molecule has 1 aromatic rings. The Balaban J connectivity index is 1.32. The number of rotatable bonds is 5. The number of hydrogen-bond acceptors (Lipinski definition) is 4. The lowest BCUT2D eigenvalue weighted by atomic mass is 9.79. The van der Waals surface area contributed by atoms with Crippen LogP contribution in [-0.2, 0) is 0 Å². The molecule has 1 aliphatic carbocycles. The van der Waals surface area contributed by atoms with Crippen molar-refractivity contribution in [1.82, 2.24) is 15.1 Å². The highest BCUT2D eigenvalue weighted by Gasteiger charge is 2.39. The molecule has 0 bridgehead atoms. The van der Waals surface area contributed by atoms with Gasteiger partial charge in [0.05, 0.1) is 0 Å². The third kappa shape index (κ3) is 4.95. The lowest BCUT2D eigenvalue weighted by Gasteiger charge is -2.50. The summed E-state index contributed by atoms with van der Waals surface area (Å²) in [5.74, 6) is -0.135. The maximum absolute atomic E-state index is 13.4. The van der Waals surface area contributed by atoms with E-state index in [1.807, 2.05) is 13.0 Å². The van der Waals surface area contributed by atoms with Crippen molar-refractivity contribution in [2.24, 2.45) is 0 Å². The van der Waals surface area contributed by atoms with Crippen LogP contribution in [0.4, 0.5) is 10.1 Å². The number of benzene rings is 1. The summed E-state index contributed by atoms with van der Waals surface area (Å²) in [6.07, 6.45) is 9.25. The van der Waals surface area contributed by atoms with Crippen molar-refractivity contribution < 1.29 is 4.39 Å². The van der Waals surface area contributed by atoms with Crippen LogP contribution in [0.25, 0.3) is 0 Å². The SMILES string of the molecule is Cc1cc(F)ccc1N1CCC(NCC2(N3CCN(C)CC3)CCCCC2)CC1. The van der Waals surface area contributed by atoms with E-state index in [9.17, 15) is 4.39 Å². The fourth-order valence-corrected chi connectivity index (χ4v) is 5.73. The first-order valence-electron chi connectivity index (χ1n) is 11.7. The zero-order valence-corrected chi connectivity index (χ0v) is 18.4. The number of nitrogens with one attached hydrogen (secondary N) is 1. The largest absolute Gasteiger partial charge is 0.371 e. The molecule has 2 saturated heterocycles. The second kappa shape index (κ2) is 9.32. The Morgan fingerprint density at radius 3 is 2.34 bits per heavy atom. The van der Waals surface area contributed by atoms with E-state index in [1.165, 1.54) is 76.8 Å². The summed E-state index contributed by atoms with van der Waals surface area (Å²) >= 11 is 0. The van der Waals surface area contributed by atoms with E-state index in [-0.39, 0.29) is 5.82 Å². The lowest BCUT2D eigenvalue weighted by molar-refractivity contribution is 0.0116. The Kier molecular flexibility index (Phi) is 6.77. The average molecular weight is 403 g/mol. The summed E-state index contributed by atoms with van der Waals surface area (Å²) < 4.78 is 13.4. The van der Waals surface area contributed by atoms with Gasteiger partial charge in [0.25, 0.3) is 0 Å². The van der Waals surface area contributed by atoms with Crippen molar-refractivity contribution >= 4 is 5.69 Å². The summed E-state index contributed by atoms with van der Waals surface area (Å²) in [7, 11) is 2.25. The molecule has 0 amide bonds. The highest BCUT2D eigenvalue weighted by molar-refractivity contribution is 5.53. The quantitative estimate of drug-likeness (QED) is 0.812. The Bertz CT molecular complexity index is 657. The van der Waals surface area contributed by atoms with E-state index in [1.54, 1.807) is 12.1 Å². The molecule has 0 atom stereocenters. The molecule has 1 N–H and O–H groups in total. The molecule has 3 fully saturated rings. The summed E-state index contributed by atoms with van der Waals surface area (Å²) in [5, 5.41) is 3.99. The second-order valence-electron chi connectivity index (χ2n) is 9.65. The molecule has 2 heterocycles. The molecule has 3 aliphatic rings. The highest BCUT2D eigenvalue weighted by atomic mass is 19.1. The maximum atomic E-state index is 13.4. The van der Waals surface area contributed by atoms with Crippen LogP contribution < -0.4 is 10.2 Å². The van der Waals surface area contributed by atoms with Gasteiger partial charge in [-0.3, -0.25) is 4.90 Å². The predicted molar refractivity (Wildman–Crippen MR) is 119 cm³/mol. The van der Waals surface area contributed by atoms with Gasteiger partial charge in [0.1, 0.15) is 5.82 Å². The molecule has 4 nitrogen and oxygen atoms in total. The Labute approximate surface area is 176 Å². The minimum absolute atomic E-state index is 0.135. The molecule has 0 unspecified atom stereocenters. The van der Waals surface area contributed by atoms with Crippen molar-refractivity contribution in [3.05, 3.63) is 29.6 Å². The van der Waals surface area contributed by atoms with Crippen LogP contribution in [-0.4, -0.2) is 74.2 Å². The normalized spacial score (nSPS) is 24.7. The number of hydrogen-bond donors (Lipinski definition) is 1. The van der Waals surface area contributed by atoms with E-state index >= 15 is 0 Å². The molecule has 0 radical (unpaired) electrons. The predicted octanol–water partition coefficient (Wildman–Crippen LogP) is 3.64. The summed E-state index contributed by atoms with van der Waals surface area (Å²) in [6.45, 7) is 10.1. The van der Waals surface area contributed by atoms with Gasteiger partial charge in [0, 0.05) is 63.1 Å². The van der Waals surface area contributed by atoms with Crippen molar-refractivity contribution in [2.75, 3.05) is 57.8 Å². The van der Waals surface area contributed by atoms with Crippen molar-refractivity contribution in [3.8, 4) is 0 Å². The van der Waals surface area contributed by atoms with Crippen LogP contribution in [0.3, 0.4) is 0 Å². The molecule has 0 spiro atoms. The third-order valence-electron chi connectivity index (χ3n) is 7.67. The van der Waals surface area contributed by atoms with E-state index in [0.29, 0.717) is 11.6 Å². The average Bonchev–Trinajstić information content (AvgIpc) is 2.74. The zero-order valence-electron chi connectivity index (χ0n) is 18.4. The summed E-state index contributed by atoms with van der Waals surface area (Å²) in [5.41, 5.74) is 2.63. The molecule has 5 heteroatoms. The molecule has 162 valence electrons. The van der Waals surface area contributed by atoms with Gasteiger partial charge in [-0.25, -0.2) is 4.39 Å². The maximum Gasteiger partial charge on any atom is 0.123 e. The number of anilines is 1. The first kappa shape index (κ1) is 21.1. The molecule has 1 saturated carbocycles. The van der Waals surface area contributed by atoms with Crippen LogP contribution in [0.15, 0.2) is 18.2 Å².